The first-order valence-corrected chi connectivity index (χ1v) is 7.44. The number of rotatable bonds is 4. The van der Waals surface area contributed by atoms with Gasteiger partial charge < -0.3 is 0 Å². The van der Waals surface area contributed by atoms with Gasteiger partial charge in [0.25, 0.3) is 0 Å². The van der Waals surface area contributed by atoms with E-state index in [9.17, 15) is 0 Å². The van der Waals surface area contributed by atoms with Crippen LogP contribution in [0.4, 0.5) is 0 Å². The average Bonchev–Trinajstić information content (AvgIpc) is 2.90. The highest BCUT2D eigenvalue weighted by molar-refractivity contribution is 7.09. The van der Waals surface area contributed by atoms with Crippen LogP contribution in [0.5, 0.6) is 0 Å². The highest BCUT2D eigenvalue weighted by Gasteiger charge is 2.19. The molecule has 1 heterocycles. The molecule has 0 fully saturated rings. The fraction of sp³-hybridized carbons (Fsp3) is 0.312. The largest absolute Gasteiger partial charge is 0.243 e. The maximum Gasteiger partial charge on any atom is 0.140 e. The molecule has 0 aliphatic heterocycles. The fourth-order valence-corrected chi connectivity index (χ4v) is 2.78. The molecule has 1 atom stereocenters. The van der Waals surface area contributed by atoms with Crippen molar-refractivity contribution < 1.29 is 0 Å². The smallest absolute Gasteiger partial charge is 0.140 e. The Morgan fingerprint density at radius 2 is 1.95 bits per heavy atom. The molecule has 0 saturated heterocycles. The van der Waals surface area contributed by atoms with Gasteiger partial charge in [-0.25, -0.2) is 10.5 Å². The third kappa shape index (κ3) is 3.61. The summed E-state index contributed by atoms with van der Waals surface area (Å²) < 4.78 is 0. The van der Waals surface area contributed by atoms with Crippen molar-refractivity contribution in [1.29, 1.82) is 5.53 Å². The predicted molar refractivity (Wildman–Crippen MR) is 84.2 cm³/mol. The summed E-state index contributed by atoms with van der Waals surface area (Å²) in [4.78, 5) is 4.62. The number of thiazole rings is 1. The molecule has 104 valence electrons. The quantitative estimate of drug-likeness (QED) is 0.769. The molecule has 1 aromatic carbocycles. The standard InChI is InChI=1S/C16H19N3S/c1-16(2,3)14-11-20-15(18-14)13(19-17)10-9-12-7-5-4-6-8-12/h4-11,13,17H,1-3H3. The summed E-state index contributed by atoms with van der Waals surface area (Å²) >= 11 is 1.57. The Hall–Kier alpha value is -1.81. The molecule has 1 unspecified atom stereocenters. The zero-order valence-electron chi connectivity index (χ0n) is 12.0. The number of nitrogens with zero attached hydrogens (tertiary/aromatic N) is 2. The van der Waals surface area contributed by atoms with Crippen LogP contribution < -0.4 is 0 Å². The van der Waals surface area contributed by atoms with Gasteiger partial charge in [-0.1, -0.05) is 63.3 Å². The van der Waals surface area contributed by atoms with E-state index in [1.165, 1.54) is 0 Å². The van der Waals surface area contributed by atoms with E-state index in [2.05, 4.69) is 36.2 Å². The van der Waals surface area contributed by atoms with Crippen LogP contribution in [-0.4, -0.2) is 4.98 Å². The molecule has 1 N–H and O–H groups in total. The summed E-state index contributed by atoms with van der Waals surface area (Å²) in [5, 5.41) is 6.61. The summed E-state index contributed by atoms with van der Waals surface area (Å²) in [6.07, 6.45) is 3.91. The normalized spacial score (nSPS) is 13.6. The maximum absolute atomic E-state index is 7.37. The molecule has 0 bridgehead atoms. The molecule has 2 rings (SSSR count). The van der Waals surface area contributed by atoms with Gasteiger partial charge in [-0.15, -0.1) is 11.3 Å². The molecule has 20 heavy (non-hydrogen) atoms. The SMILES string of the molecule is CC(C)(C)c1csc(C(C=Cc2ccccc2)N=N)n1. The van der Waals surface area contributed by atoms with E-state index in [-0.39, 0.29) is 11.5 Å². The third-order valence-electron chi connectivity index (χ3n) is 2.95. The Kier molecular flexibility index (Phi) is 4.45. The van der Waals surface area contributed by atoms with E-state index >= 15 is 0 Å². The first kappa shape index (κ1) is 14.6. The molecule has 0 amide bonds. The van der Waals surface area contributed by atoms with Crippen LogP contribution in [0, 0.1) is 5.53 Å². The molecular weight excluding hydrogens is 266 g/mol. The highest BCUT2D eigenvalue weighted by atomic mass is 32.1. The Labute approximate surface area is 123 Å². The van der Waals surface area contributed by atoms with Gasteiger partial charge in [-0.05, 0) is 5.56 Å². The van der Waals surface area contributed by atoms with Crippen LogP contribution in [0.2, 0.25) is 0 Å². The van der Waals surface area contributed by atoms with Crippen LogP contribution in [0.25, 0.3) is 6.08 Å². The van der Waals surface area contributed by atoms with Crippen molar-refractivity contribution in [3.63, 3.8) is 0 Å². The second-order valence-corrected chi connectivity index (χ2v) is 6.55. The second-order valence-electron chi connectivity index (χ2n) is 5.66. The van der Waals surface area contributed by atoms with Crippen LogP contribution in [0.3, 0.4) is 0 Å². The van der Waals surface area contributed by atoms with E-state index in [1.54, 1.807) is 11.3 Å². The molecule has 2 aromatic rings. The highest BCUT2D eigenvalue weighted by Crippen LogP contribution is 2.29. The Bertz CT molecular complexity index is 594. The molecule has 0 radical (unpaired) electrons. The summed E-state index contributed by atoms with van der Waals surface area (Å²) in [7, 11) is 0. The average molecular weight is 285 g/mol. The molecule has 4 heteroatoms. The predicted octanol–water partition coefficient (Wildman–Crippen LogP) is 5.23. The van der Waals surface area contributed by atoms with E-state index in [1.807, 2.05) is 42.5 Å². The monoisotopic (exact) mass is 285 g/mol. The van der Waals surface area contributed by atoms with Gasteiger partial charge in [-0.3, -0.25) is 0 Å². The molecule has 1 aromatic heterocycles. The van der Waals surface area contributed by atoms with Crippen LogP contribution >= 0.6 is 11.3 Å². The zero-order chi connectivity index (χ0) is 14.6. The van der Waals surface area contributed by atoms with Gasteiger partial charge in [0, 0.05) is 10.8 Å². The molecule has 0 aliphatic rings. The van der Waals surface area contributed by atoms with Crippen molar-refractivity contribution in [2.24, 2.45) is 5.11 Å². The van der Waals surface area contributed by atoms with Crippen molar-refractivity contribution in [3.05, 3.63) is 58.1 Å². The van der Waals surface area contributed by atoms with Crippen molar-refractivity contribution in [2.75, 3.05) is 0 Å². The number of benzene rings is 1. The number of aromatic nitrogens is 1. The summed E-state index contributed by atoms with van der Waals surface area (Å²) in [5.41, 5.74) is 9.56. The van der Waals surface area contributed by atoms with Crippen molar-refractivity contribution in [1.82, 2.24) is 4.98 Å². The van der Waals surface area contributed by atoms with Gasteiger partial charge in [0.2, 0.25) is 0 Å². The van der Waals surface area contributed by atoms with Gasteiger partial charge in [0.05, 0.1) is 5.69 Å². The van der Waals surface area contributed by atoms with E-state index in [0.29, 0.717) is 0 Å². The van der Waals surface area contributed by atoms with Crippen molar-refractivity contribution in [2.45, 2.75) is 32.2 Å². The minimum atomic E-state index is -0.295. The van der Waals surface area contributed by atoms with Crippen LogP contribution in [0.1, 0.15) is 43.1 Å². The lowest BCUT2D eigenvalue weighted by Crippen LogP contribution is -2.11. The van der Waals surface area contributed by atoms with Gasteiger partial charge in [-0.2, -0.15) is 5.11 Å². The maximum atomic E-state index is 7.37. The van der Waals surface area contributed by atoms with E-state index in [4.69, 9.17) is 5.53 Å². The lowest BCUT2D eigenvalue weighted by Gasteiger charge is -2.14. The molecular formula is C16H19N3S. The zero-order valence-corrected chi connectivity index (χ0v) is 12.8. The first-order chi connectivity index (χ1) is 9.50. The summed E-state index contributed by atoms with van der Waals surface area (Å²) in [6, 6.07) is 9.73. The minimum absolute atomic E-state index is 0.0322. The molecule has 3 nitrogen and oxygen atoms in total. The van der Waals surface area contributed by atoms with Gasteiger partial charge in [0.15, 0.2) is 0 Å². The molecule has 0 saturated carbocycles. The Morgan fingerprint density at radius 3 is 2.50 bits per heavy atom. The third-order valence-corrected chi connectivity index (χ3v) is 3.87. The van der Waals surface area contributed by atoms with Gasteiger partial charge >= 0.3 is 0 Å². The van der Waals surface area contributed by atoms with E-state index in [0.717, 1.165) is 16.3 Å². The van der Waals surface area contributed by atoms with Crippen molar-refractivity contribution >= 4 is 17.4 Å². The number of nitrogens with one attached hydrogen (secondary N) is 1. The Balaban J connectivity index is 2.19. The topological polar surface area (TPSA) is 49.1 Å². The number of hydrogen-bond donors (Lipinski definition) is 1. The van der Waals surface area contributed by atoms with Gasteiger partial charge in [0.1, 0.15) is 11.0 Å². The fourth-order valence-electron chi connectivity index (χ4n) is 1.71. The Morgan fingerprint density at radius 1 is 1.25 bits per heavy atom. The van der Waals surface area contributed by atoms with Crippen molar-refractivity contribution in [3.8, 4) is 0 Å². The second kappa shape index (κ2) is 6.09. The lowest BCUT2D eigenvalue weighted by molar-refractivity contribution is 0.569. The lowest BCUT2D eigenvalue weighted by atomic mass is 9.93. The first-order valence-electron chi connectivity index (χ1n) is 6.56. The van der Waals surface area contributed by atoms with Crippen LogP contribution in [-0.2, 0) is 5.41 Å². The van der Waals surface area contributed by atoms with Crippen LogP contribution in [0.15, 0.2) is 46.9 Å². The van der Waals surface area contributed by atoms with E-state index < -0.39 is 0 Å². The minimum Gasteiger partial charge on any atom is -0.243 e. The summed E-state index contributed by atoms with van der Waals surface area (Å²) in [5.74, 6) is 0. The molecule has 0 aliphatic carbocycles. The summed E-state index contributed by atoms with van der Waals surface area (Å²) in [6.45, 7) is 6.41. The molecule has 0 spiro atoms. The number of hydrogen-bond acceptors (Lipinski definition) is 4.